The van der Waals surface area contributed by atoms with Crippen molar-refractivity contribution in [3.05, 3.63) is 53.1 Å². The van der Waals surface area contributed by atoms with E-state index in [0.717, 1.165) is 11.6 Å². The summed E-state index contributed by atoms with van der Waals surface area (Å²) < 4.78 is 28.4. The Morgan fingerprint density at radius 1 is 1.17 bits per heavy atom. The summed E-state index contributed by atoms with van der Waals surface area (Å²) in [6.07, 6.45) is 3.20. The minimum Gasteiger partial charge on any atom is -0.329 e. The van der Waals surface area contributed by atoms with Crippen LogP contribution in [0.15, 0.2) is 36.7 Å². The quantitative estimate of drug-likeness (QED) is 0.683. The fourth-order valence-electron chi connectivity index (χ4n) is 1.88. The smallest absolute Gasteiger partial charge is 0.182 e. The minimum absolute atomic E-state index is 0.343. The largest absolute Gasteiger partial charge is 0.329 e. The average Bonchev–Trinajstić information content (AvgIpc) is 2.63. The Hall–Kier alpha value is -2.08. The van der Waals surface area contributed by atoms with Crippen molar-refractivity contribution >= 4 is 23.3 Å². The molecule has 1 N–H and O–H groups in total. The Labute approximate surface area is 106 Å². The molecule has 2 aromatic heterocycles. The van der Waals surface area contributed by atoms with Crippen molar-refractivity contribution in [1.82, 2.24) is 14.5 Å². The molecule has 0 atom stereocenters. The molecule has 0 saturated carbocycles. The second-order valence-electron chi connectivity index (χ2n) is 3.79. The first-order chi connectivity index (χ1) is 8.65. The molecule has 0 aliphatic heterocycles. The van der Waals surface area contributed by atoms with Crippen LogP contribution in [0.1, 0.15) is 0 Å². The van der Waals surface area contributed by atoms with Gasteiger partial charge in [-0.25, -0.2) is 8.78 Å². The van der Waals surface area contributed by atoms with Crippen LogP contribution >= 0.6 is 12.2 Å². The van der Waals surface area contributed by atoms with Crippen LogP contribution in [0.5, 0.6) is 0 Å². The van der Waals surface area contributed by atoms with Gasteiger partial charge in [-0.2, -0.15) is 0 Å². The van der Waals surface area contributed by atoms with Crippen LogP contribution in [0.4, 0.5) is 8.78 Å². The lowest BCUT2D eigenvalue weighted by Gasteiger charge is -2.04. The fraction of sp³-hybridized carbons (Fsp3) is 0. The summed E-state index contributed by atoms with van der Waals surface area (Å²) in [7, 11) is 0. The van der Waals surface area contributed by atoms with E-state index in [2.05, 4.69) is 9.97 Å². The van der Waals surface area contributed by atoms with E-state index in [1.165, 1.54) is 12.1 Å². The molecule has 6 heteroatoms. The van der Waals surface area contributed by atoms with E-state index in [-0.39, 0.29) is 0 Å². The fourth-order valence-corrected chi connectivity index (χ4v) is 2.20. The lowest BCUT2D eigenvalue weighted by atomic mass is 10.3. The third kappa shape index (κ3) is 1.70. The Balaban J connectivity index is 2.37. The summed E-state index contributed by atoms with van der Waals surface area (Å²) in [6, 6.07) is 5.01. The van der Waals surface area contributed by atoms with Gasteiger partial charge in [0.05, 0.1) is 22.9 Å². The molecule has 0 amide bonds. The number of aromatic amines is 1. The first-order valence-electron chi connectivity index (χ1n) is 5.16. The summed E-state index contributed by atoms with van der Waals surface area (Å²) in [5.41, 5.74) is 1.78. The number of H-pyrrole nitrogens is 1. The zero-order valence-electron chi connectivity index (χ0n) is 9.02. The van der Waals surface area contributed by atoms with Crippen molar-refractivity contribution in [1.29, 1.82) is 0 Å². The number of nitrogens with zero attached hydrogens (tertiary/aromatic N) is 2. The highest BCUT2D eigenvalue weighted by molar-refractivity contribution is 7.71. The van der Waals surface area contributed by atoms with E-state index < -0.39 is 11.6 Å². The topological polar surface area (TPSA) is 33.6 Å². The van der Waals surface area contributed by atoms with Gasteiger partial charge in [0.2, 0.25) is 0 Å². The molecule has 0 aliphatic carbocycles. The summed E-state index contributed by atoms with van der Waals surface area (Å²) in [5.74, 6) is -1.29. The Morgan fingerprint density at radius 3 is 2.61 bits per heavy atom. The van der Waals surface area contributed by atoms with Gasteiger partial charge >= 0.3 is 0 Å². The average molecular weight is 263 g/mol. The normalized spacial score (nSPS) is 11.0. The molecule has 18 heavy (non-hydrogen) atoms. The summed E-state index contributed by atoms with van der Waals surface area (Å²) in [5, 5.41) is 0. The molecule has 0 radical (unpaired) electrons. The molecule has 3 rings (SSSR count). The Morgan fingerprint density at radius 2 is 1.89 bits per heavy atom. The van der Waals surface area contributed by atoms with Gasteiger partial charge in [0, 0.05) is 12.3 Å². The predicted octanol–water partition coefficient (Wildman–Crippen LogP) is 3.36. The summed E-state index contributed by atoms with van der Waals surface area (Å²) in [6.45, 7) is 0. The molecule has 0 unspecified atom stereocenters. The number of benzene rings is 1. The summed E-state index contributed by atoms with van der Waals surface area (Å²) in [4.78, 5) is 6.89. The lowest BCUT2D eigenvalue weighted by molar-refractivity contribution is 0.581. The van der Waals surface area contributed by atoms with Gasteiger partial charge in [0.1, 0.15) is 11.6 Å². The van der Waals surface area contributed by atoms with Crippen LogP contribution in [0.2, 0.25) is 0 Å². The molecule has 0 saturated heterocycles. The molecule has 90 valence electrons. The first-order valence-corrected chi connectivity index (χ1v) is 5.57. The van der Waals surface area contributed by atoms with E-state index in [1.54, 1.807) is 23.0 Å². The highest BCUT2D eigenvalue weighted by Gasteiger charge is 2.08. The van der Waals surface area contributed by atoms with Crippen molar-refractivity contribution in [2.75, 3.05) is 0 Å². The molecule has 1 aromatic carbocycles. The monoisotopic (exact) mass is 263 g/mol. The number of imidazole rings is 1. The molecular formula is C12H7F2N3S. The second-order valence-corrected chi connectivity index (χ2v) is 4.17. The predicted molar refractivity (Wildman–Crippen MR) is 66.2 cm³/mol. The maximum absolute atomic E-state index is 13.2. The van der Waals surface area contributed by atoms with E-state index >= 15 is 0 Å². The van der Waals surface area contributed by atoms with E-state index in [1.807, 2.05) is 0 Å². The molecule has 2 heterocycles. The standard InChI is InChI=1S/C12H7F2N3S/c13-7-3-8(14)5-9(4-7)17-11-1-2-15-6-10(11)16-12(17)18/h1-6H,(H,16,18). The van der Waals surface area contributed by atoms with E-state index in [0.29, 0.717) is 16.0 Å². The zero-order chi connectivity index (χ0) is 12.7. The number of rotatable bonds is 1. The number of aromatic nitrogens is 3. The number of pyridine rings is 1. The van der Waals surface area contributed by atoms with Crippen LogP contribution in [0.3, 0.4) is 0 Å². The number of hydrogen-bond acceptors (Lipinski definition) is 2. The zero-order valence-corrected chi connectivity index (χ0v) is 9.84. The molecule has 0 spiro atoms. The molecule has 3 nitrogen and oxygen atoms in total. The second kappa shape index (κ2) is 3.99. The highest BCUT2D eigenvalue weighted by Crippen LogP contribution is 2.20. The van der Waals surface area contributed by atoms with Gasteiger partial charge in [-0.1, -0.05) is 0 Å². The molecule has 0 aliphatic rings. The van der Waals surface area contributed by atoms with Crippen molar-refractivity contribution in [2.45, 2.75) is 0 Å². The third-order valence-electron chi connectivity index (χ3n) is 2.59. The number of hydrogen-bond donors (Lipinski definition) is 1. The Kier molecular flexibility index (Phi) is 2.45. The van der Waals surface area contributed by atoms with E-state index in [9.17, 15) is 8.78 Å². The molecule has 0 bridgehead atoms. The van der Waals surface area contributed by atoms with Gasteiger partial charge in [0.25, 0.3) is 0 Å². The van der Waals surface area contributed by atoms with Gasteiger partial charge in [0.15, 0.2) is 4.77 Å². The molecule has 0 fully saturated rings. The van der Waals surface area contributed by atoms with Crippen LogP contribution in [-0.4, -0.2) is 14.5 Å². The molecular weight excluding hydrogens is 256 g/mol. The van der Waals surface area contributed by atoms with Gasteiger partial charge < -0.3 is 4.98 Å². The Bertz CT molecular complexity index is 771. The van der Waals surface area contributed by atoms with Crippen molar-refractivity contribution in [2.24, 2.45) is 0 Å². The third-order valence-corrected chi connectivity index (χ3v) is 2.87. The minimum atomic E-state index is -0.643. The lowest BCUT2D eigenvalue weighted by Crippen LogP contribution is -1.96. The highest BCUT2D eigenvalue weighted by atomic mass is 32.1. The van der Waals surface area contributed by atoms with Gasteiger partial charge in [-0.3, -0.25) is 9.55 Å². The molecule has 3 aromatic rings. The van der Waals surface area contributed by atoms with E-state index in [4.69, 9.17) is 12.2 Å². The van der Waals surface area contributed by atoms with Gasteiger partial charge in [-0.05, 0) is 30.4 Å². The van der Waals surface area contributed by atoms with Crippen LogP contribution < -0.4 is 0 Å². The maximum Gasteiger partial charge on any atom is 0.182 e. The van der Waals surface area contributed by atoms with Crippen LogP contribution in [0, 0.1) is 16.4 Å². The van der Waals surface area contributed by atoms with Crippen molar-refractivity contribution in [3.8, 4) is 5.69 Å². The SMILES string of the molecule is Fc1cc(F)cc(-n2c(=S)[nH]c3cnccc32)c1. The van der Waals surface area contributed by atoms with Crippen molar-refractivity contribution < 1.29 is 8.78 Å². The van der Waals surface area contributed by atoms with Crippen molar-refractivity contribution in [3.63, 3.8) is 0 Å². The number of nitrogens with one attached hydrogen (secondary N) is 1. The van der Waals surface area contributed by atoms with Gasteiger partial charge in [-0.15, -0.1) is 0 Å². The first kappa shape index (κ1) is 11.0. The van der Waals surface area contributed by atoms with Crippen LogP contribution in [0.25, 0.3) is 16.7 Å². The van der Waals surface area contributed by atoms with Crippen LogP contribution in [-0.2, 0) is 0 Å². The number of halogens is 2. The summed E-state index contributed by atoms with van der Waals surface area (Å²) >= 11 is 5.16. The maximum atomic E-state index is 13.2. The number of fused-ring (bicyclic) bond motifs is 1.